The van der Waals surface area contributed by atoms with E-state index in [1.807, 2.05) is 32.0 Å². The van der Waals surface area contributed by atoms with Crippen LogP contribution in [-0.4, -0.2) is 14.3 Å². The van der Waals surface area contributed by atoms with E-state index in [0.29, 0.717) is 11.5 Å². The predicted octanol–water partition coefficient (Wildman–Crippen LogP) is 2.14. The zero-order valence-corrected chi connectivity index (χ0v) is 10.7. The number of hydrogen-bond donors (Lipinski definition) is 0. The van der Waals surface area contributed by atoms with Gasteiger partial charge in [0.15, 0.2) is 0 Å². The molecule has 4 nitrogen and oxygen atoms in total. The van der Waals surface area contributed by atoms with Gasteiger partial charge in [0.25, 0.3) is 0 Å². The minimum Gasteiger partial charge on any atom is -0.361 e. The van der Waals surface area contributed by atoms with Crippen molar-refractivity contribution in [3.05, 3.63) is 47.1 Å². The maximum atomic E-state index is 12.0. The molecule has 2 aromatic heterocycles. The molecular weight excluding hydrogens is 236 g/mol. The van der Waals surface area contributed by atoms with E-state index in [1.165, 1.54) is 0 Å². The molecule has 0 aliphatic heterocycles. The third-order valence-electron chi connectivity index (χ3n) is 2.52. The normalized spacial score (nSPS) is 12.6. The largest absolute Gasteiger partial charge is 0.361 e. The van der Waals surface area contributed by atoms with Crippen LogP contribution in [-0.2, 0) is 22.3 Å². The Morgan fingerprint density at radius 2 is 2.12 bits per heavy atom. The molecule has 90 valence electrons. The van der Waals surface area contributed by atoms with E-state index in [-0.39, 0.29) is 0 Å². The number of hydrogen-bond acceptors (Lipinski definition) is 4. The molecule has 17 heavy (non-hydrogen) atoms. The molecule has 0 aliphatic rings. The molecule has 2 rings (SSSR count). The van der Waals surface area contributed by atoms with Gasteiger partial charge in [0, 0.05) is 22.6 Å². The molecule has 1 unspecified atom stereocenters. The first-order valence-corrected chi connectivity index (χ1v) is 6.82. The number of rotatable bonds is 4. The van der Waals surface area contributed by atoms with Gasteiger partial charge in [0.1, 0.15) is 5.76 Å². The van der Waals surface area contributed by atoms with Gasteiger partial charge in [0.05, 0.1) is 22.9 Å². The summed E-state index contributed by atoms with van der Waals surface area (Å²) in [5, 5.41) is 3.85. The van der Waals surface area contributed by atoms with Crippen molar-refractivity contribution in [3.63, 3.8) is 0 Å². The summed E-state index contributed by atoms with van der Waals surface area (Å²) in [6.45, 7) is 3.71. The quantitative estimate of drug-likeness (QED) is 0.834. The lowest BCUT2D eigenvalue weighted by Gasteiger charge is -2.01. The van der Waals surface area contributed by atoms with E-state index >= 15 is 0 Å². The van der Waals surface area contributed by atoms with Gasteiger partial charge >= 0.3 is 0 Å². The molecule has 0 aliphatic carbocycles. The molecule has 5 heteroatoms. The molecule has 0 saturated carbocycles. The standard InChI is InChI=1S/C12H14N2O2S/c1-9-12(10(2)16-14-9)8-17(15)7-11-5-3-4-6-13-11/h3-6H,7-8H2,1-2H3. The Labute approximate surface area is 103 Å². The first kappa shape index (κ1) is 12.0. The van der Waals surface area contributed by atoms with E-state index in [1.54, 1.807) is 6.20 Å². The number of aryl methyl sites for hydroxylation is 2. The van der Waals surface area contributed by atoms with Gasteiger partial charge in [-0.25, -0.2) is 0 Å². The van der Waals surface area contributed by atoms with E-state index in [2.05, 4.69) is 10.1 Å². The molecule has 0 amide bonds. The van der Waals surface area contributed by atoms with Crippen LogP contribution in [0.2, 0.25) is 0 Å². The monoisotopic (exact) mass is 250 g/mol. The van der Waals surface area contributed by atoms with Crippen LogP contribution in [0.1, 0.15) is 22.7 Å². The maximum absolute atomic E-state index is 12.0. The Morgan fingerprint density at radius 1 is 1.29 bits per heavy atom. The highest BCUT2D eigenvalue weighted by Gasteiger charge is 2.12. The van der Waals surface area contributed by atoms with E-state index in [0.717, 1.165) is 22.7 Å². The van der Waals surface area contributed by atoms with Gasteiger partial charge in [-0.15, -0.1) is 0 Å². The Hall–Kier alpha value is -1.49. The molecular formula is C12H14N2O2S. The van der Waals surface area contributed by atoms with Gasteiger partial charge in [0.2, 0.25) is 0 Å². The summed E-state index contributed by atoms with van der Waals surface area (Å²) in [5.41, 5.74) is 2.61. The summed E-state index contributed by atoms with van der Waals surface area (Å²) >= 11 is 0. The number of nitrogens with zero attached hydrogens (tertiary/aromatic N) is 2. The first-order chi connectivity index (χ1) is 8.16. The molecule has 0 radical (unpaired) electrons. The van der Waals surface area contributed by atoms with Crippen LogP contribution >= 0.6 is 0 Å². The second kappa shape index (κ2) is 5.23. The van der Waals surface area contributed by atoms with Crippen molar-refractivity contribution in [3.8, 4) is 0 Å². The highest BCUT2D eigenvalue weighted by molar-refractivity contribution is 7.83. The van der Waals surface area contributed by atoms with Crippen molar-refractivity contribution in [2.45, 2.75) is 25.4 Å². The van der Waals surface area contributed by atoms with Gasteiger partial charge in [-0.3, -0.25) is 9.19 Å². The Morgan fingerprint density at radius 3 is 2.71 bits per heavy atom. The zero-order valence-electron chi connectivity index (χ0n) is 9.84. The van der Waals surface area contributed by atoms with E-state index < -0.39 is 10.8 Å². The Balaban J connectivity index is 2.03. The fourth-order valence-electron chi connectivity index (χ4n) is 1.57. The van der Waals surface area contributed by atoms with Gasteiger partial charge in [-0.2, -0.15) is 0 Å². The number of pyridine rings is 1. The van der Waals surface area contributed by atoms with E-state index in [9.17, 15) is 4.21 Å². The fraction of sp³-hybridized carbons (Fsp3) is 0.333. The van der Waals surface area contributed by atoms with Gasteiger partial charge in [-0.1, -0.05) is 11.2 Å². The third kappa shape index (κ3) is 3.00. The second-order valence-electron chi connectivity index (χ2n) is 3.85. The summed E-state index contributed by atoms with van der Waals surface area (Å²) in [6, 6.07) is 5.63. The van der Waals surface area contributed by atoms with Crippen molar-refractivity contribution in [2.75, 3.05) is 0 Å². The molecule has 1 atom stereocenters. The second-order valence-corrected chi connectivity index (χ2v) is 5.31. The summed E-state index contributed by atoms with van der Waals surface area (Å²) in [5.74, 6) is 1.68. The summed E-state index contributed by atoms with van der Waals surface area (Å²) in [4.78, 5) is 4.16. The van der Waals surface area contributed by atoms with Crippen molar-refractivity contribution in [2.24, 2.45) is 0 Å². The van der Waals surface area contributed by atoms with Crippen LogP contribution in [0.4, 0.5) is 0 Å². The summed E-state index contributed by atoms with van der Waals surface area (Å²) < 4.78 is 17.0. The van der Waals surface area contributed by atoms with Crippen molar-refractivity contribution in [1.29, 1.82) is 0 Å². The van der Waals surface area contributed by atoms with Crippen molar-refractivity contribution >= 4 is 10.8 Å². The van der Waals surface area contributed by atoms with Crippen molar-refractivity contribution in [1.82, 2.24) is 10.1 Å². The Kier molecular flexibility index (Phi) is 3.68. The third-order valence-corrected chi connectivity index (χ3v) is 3.75. The molecule has 2 aromatic rings. The van der Waals surface area contributed by atoms with Crippen LogP contribution < -0.4 is 0 Å². The van der Waals surface area contributed by atoms with Crippen LogP contribution in [0.5, 0.6) is 0 Å². The lowest BCUT2D eigenvalue weighted by Crippen LogP contribution is -2.02. The molecule has 0 N–H and O–H groups in total. The minimum absolute atomic E-state index is 0.463. The van der Waals surface area contributed by atoms with Crippen LogP contribution in [0.25, 0.3) is 0 Å². The lowest BCUT2D eigenvalue weighted by molar-refractivity contribution is 0.392. The maximum Gasteiger partial charge on any atom is 0.138 e. The van der Waals surface area contributed by atoms with Crippen LogP contribution in [0.15, 0.2) is 28.9 Å². The van der Waals surface area contributed by atoms with Crippen LogP contribution in [0, 0.1) is 13.8 Å². The molecule has 0 saturated heterocycles. The predicted molar refractivity (Wildman–Crippen MR) is 65.8 cm³/mol. The molecule has 2 heterocycles. The molecule has 0 spiro atoms. The lowest BCUT2D eigenvalue weighted by atomic mass is 10.2. The summed E-state index contributed by atoms with van der Waals surface area (Å²) in [6.07, 6.45) is 1.71. The Bertz CT molecular complexity index is 503. The average Bonchev–Trinajstić information content (AvgIpc) is 2.62. The number of aromatic nitrogens is 2. The SMILES string of the molecule is Cc1noc(C)c1CS(=O)Cc1ccccn1. The van der Waals surface area contributed by atoms with Crippen molar-refractivity contribution < 1.29 is 8.73 Å². The summed E-state index contributed by atoms with van der Waals surface area (Å²) in [7, 11) is -0.983. The van der Waals surface area contributed by atoms with Gasteiger partial charge < -0.3 is 4.52 Å². The molecule has 0 fully saturated rings. The van der Waals surface area contributed by atoms with Gasteiger partial charge in [-0.05, 0) is 26.0 Å². The molecule has 0 bridgehead atoms. The highest BCUT2D eigenvalue weighted by atomic mass is 32.2. The topological polar surface area (TPSA) is 56.0 Å². The van der Waals surface area contributed by atoms with E-state index in [4.69, 9.17) is 4.52 Å². The first-order valence-electron chi connectivity index (χ1n) is 5.33. The van der Waals surface area contributed by atoms with Crippen LogP contribution in [0.3, 0.4) is 0 Å². The fourth-order valence-corrected chi connectivity index (χ4v) is 2.91. The minimum atomic E-state index is -0.983. The average molecular weight is 250 g/mol. The smallest absolute Gasteiger partial charge is 0.138 e. The highest BCUT2D eigenvalue weighted by Crippen LogP contribution is 2.15. The molecule has 0 aromatic carbocycles. The zero-order chi connectivity index (χ0) is 12.3.